The summed E-state index contributed by atoms with van der Waals surface area (Å²) < 4.78 is 21.4. The van der Waals surface area contributed by atoms with E-state index in [0.717, 1.165) is 16.7 Å². The summed E-state index contributed by atoms with van der Waals surface area (Å²) in [5.41, 5.74) is 7.67. The summed E-state index contributed by atoms with van der Waals surface area (Å²) in [6.45, 7) is 3.71. The summed E-state index contributed by atoms with van der Waals surface area (Å²) in [6, 6.07) is 9.27. The van der Waals surface area contributed by atoms with Gasteiger partial charge in [-0.15, -0.1) is 0 Å². The molecule has 0 atom stereocenters. The minimum Gasteiger partial charge on any atom is -0.493 e. The lowest BCUT2D eigenvalue weighted by molar-refractivity contribution is -0.130. The molecule has 162 valence electrons. The number of hydrogen-bond acceptors (Lipinski definition) is 6. The van der Waals surface area contributed by atoms with E-state index in [1.165, 1.54) is 21.3 Å². The number of amides is 2. The first-order valence-electron chi connectivity index (χ1n) is 9.44. The van der Waals surface area contributed by atoms with Crippen molar-refractivity contribution in [3.05, 3.63) is 47.0 Å². The van der Waals surface area contributed by atoms with Gasteiger partial charge in [0.2, 0.25) is 11.7 Å². The largest absolute Gasteiger partial charge is 0.493 e. The van der Waals surface area contributed by atoms with Crippen molar-refractivity contribution in [1.29, 1.82) is 0 Å². The Balaban J connectivity index is 1.81. The lowest BCUT2D eigenvalue weighted by Gasteiger charge is -2.14. The second-order valence-electron chi connectivity index (χ2n) is 6.74. The molecular formula is C22H28N2O6. The Morgan fingerprint density at radius 3 is 1.90 bits per heavy atom. The van der Waals surface area contributed by atoms with Crippen LogP contribution in [-0.2, 0) is 16.0 Å². The van der Waals surface area contributed by atoms with Gasteiger partial charge in [0.1, 0.15) is 5.75 Å². The molecule has 0 aliphatic carbocycles. The number of carbonyl (C=O) groups excluding carboxylic acids is 2. The summed E-state index contributed by atoms with van der Waals surface area (Å²) >= 11 is 0. The lowest BCUT2D eigenvalue weighted by atomic mass is 10.1. The van der Waals surface area contributed by atoms with Gasteiger partial charge in [0.05, 0.1) is 21.3 Å². The van der Waals surface area contributed by atoms with Crippen molar-refractivity contribution in [3.8, 4) is 23.0 Å². The summed E-state index contributed by atoms with van der Waals surface area (Å²) in [7, 11) is 4.59. The number of hydrazine groups is 1. The molecule has 0 saturated heterocycles. The van der Waals surface area contributed by atoms with Crippen LogP contribution in [0.4, 0.5) is 0 Å². The van der Waals surface area contributed by atoms with Gasteiger partial charge in [0.25, 0.3) is 5.91 Å². The molecule has 30 heavy (non-hydrogen) atoms. The summed E-state index contributed by atoms with van der Waals surface area (Å²) in [5.74, 6) is 1.35. The van der Waals surface area contributed by atoms with E-state index >= 15 is 0 Å². The molecule has 0 heterocycles. The highest BCUT2D eigenvalue weighted by molar-refractivity contribution is 5.82. The standard InChI is InChI=1S/C22H28N2O6/c1-14-8-15(2)10-17(9-14)30-13-21(26)24-23-20(25)7-6-16-11-18(27-3)22(29-5)19(12-16)28-4/h8-12H,6-7,13H2,1-5H3,(H,23,25)(H,24,26). The Morgan fingerprint density at radius 1 is 0.800 bits per heavy atom. The average Bonchev–Trinajstić information content (AvgIpc) is 2.73. The number of aryl methyl sites for hydroxylation is 3. The van der Waals surface area contributed by atoms with Crippen molar-refractivity contribution in [2.75, 3.05) is 27.9 Å². The summed E-state index contributed by atoms with van der Waals surface area (Å²) in [6.07, 6.45) is 0.592. The van der Waals surface area contributed by atoms with Gasteiger partial charge in [-0.25, -0.2) is 0 Å². The van der Waals surface area contributed by atoms with E-state index in [-0.39, 0.29) is 18.9 Å². The number of methoxy groups -OCH3 is 3. The second kappa shape index (κ2) is 10.9. The highest BCUT2D eigenvalue weighted by Crippen LogP contribution is 2.38. The van der Waals surface area contributed by atoms with Gasteiger partial charge in [-0.1, -0.05) is 6.07 Å². The van der Waals surface area contributed by atoms with Gasteiger partial charge in [-0.2, -0.15) is 0 Å². The van der Waals surface area contributed by atoms with Gasteiger partial charge >= 0.3 is 0 Å². The maximum absolute atomic E-state index is 12.1. The molecule has 2 amide bonds. The number of ether oxygens (including phenoxy) is 4. The third kappa shape index (κ3) is 6.58. The molecule has 0 aliphatic rings. The Hall–Kier alpha value is -3.42. The number of hydrogen-bond donors (Lipinski definition) is 2. The van der Waals surface area contributed by atoms with Crippen molar-refractivity contribution >= 4 is 11.8 Å². The lowest BCUT2D eigenvalue weighted by Crippen LogP contribution is -2.43. The van der Waals surface area contributed by atoms with E-state index in [1.807, 2.05) is 32.0 Å². The molecule has 2 aromatic rings. The summed E-state index contributed by atoms with van der Waals surface area (Å²) in [5, 5.41) is 0. The van der Waals surface area contributed by atoms with Crippen molar-refractivity contribution in [2.45, 2.75) is 26.7 Å². The number of benzene rings is 2. The first-order valence-corrected chi connectivity index (χ1v) is 9.44. The molecule has 2 rings (SSSR count). The van der Waals surface area contributed by atoms with Crippen molar-refractivity contribution in [2.24, 2.45) is 0 Å². The molecule has 0 spiro atoms. The van der Waals surface area contributed by atoms with Crippen molar-refractivity contribution < 1.29 is 28.5 Å². The Labute approximate surface area is 176 Å². The van der Waals surface area contributed by atoms with Gasteiger partial charge in [-0.3, -0.25) is 20.4 Å². The van der Waals surface area contributed by atoms with Crippen LogP contribution in [0.3, 0.4) is 0 Å². The molecular weight excluding hydrogens is 388 g/mol. The van der Waals surface area contributed by atoms with Gasteiger partial charge in [0.15, 0.2) is 18.1 Å². The zero-order valence-electron chi connectivity index (χ0n) is 18.0. The first kappa shape index (κ1) is 22.9. The quantitative estimate of drug-likeness (QED) is 0.610. The van der Waals surface area contributed by atoms with E-state index in [9.17, 15) is 9.59 Å². The fourth-order valence-corrected chi connectivity index (χ4v) is 2.94. The van der Waals surface area contributed by atoms with Crippen LogP contribution >= 0.6 is 0 Å². The van der Waals surface area contributed by atoms with E-state index in [1.54, 1.807) is 12.1 Å². The molecule has 0 bridgehead atoms. The molecule has 0 aliphatic heterocycles. The third-order valence-electron chi connectivity index (χ3n) is 4.27. The minimum atomic E-state index is -0.449. The fourth-order valence-electron chi connectivity index (χ4n) is 2.94. The van der Waals surface area contributed by atoms with Crippen LogP contribution in [0, 0.1) is 13.8 Å². The minimum absolute atomic E-state index is 0.164. The Morgan fingerprint density at radius 2 is 1.37 bits per heavy atom. The highest BCUT2D eigenvalue weighted by Gasteiger charge is 2.14. The highest BCUT2D eigenvalue weighted by atomic mass is 16.5. The van der Waals surface area contributed by atoms with E-state index in [4.69, 9.17) is 18.9 Å². The van der Waals surface area contributed by atoms with Crippen LogP contribution < -0.4 is 29.8 Å². The summed E-state index contributed by atoms with van der Waals surface area (Å²) in [4.78, 5) is 24.0. The number of rotatable bonds is 9. The fraction of sp³-hybridized carbons (Fsp3) is 0.364. The zero-order valence-corrected chi connectivity index (χ0v) is 18.0. The number of carbonyl (C=O) groups is 2. The van der Waals surface area contributed by atoms with Gasteiger partial charge in [0, 0.05) is 6.42 Å². The third-order valence-corrected chi connectivity index (χ3v) is 4.27. The van der Waals surface area contributed by atoms with Crippen LogP contribution in [0.2, 0.25) is 0 Å². The number of nitrogens with one attached hydrogen (secondary N) is 2. The van der Waals surface area contributed by atoms with Crippen LogP contribution in [0.25, 0.3) is 0 Å². The van der Waals surface area contributed by atoms with E-state index in [0.29, 0.717) is 29.4 Å². The van der Waals surface area contributed by atoms with Crippen LogP contribution in [0.15, 0.2) is 30.3 Å². The first-order chi connectivity index (χ1) is 14.4. The predicted molar refractivity (Wildman–Crippen MR) is 112 cm³/mol. The SMILES string of the molecule is COc1cc(CCC(=O)NNC(=O)COc2cc(C)cc(C)c2)cc(OC)c1OC. The normalized spacial score (nSPS) is 10.2. The molecule has 8 heteroatoms. The maximum atomic E-state index is 12.1. The van der Waals surface area contributed by atoms with Gasteiger partial charge in [-0.05, 0) is 61.2 Å². The molecule has 0 saturated carbocycles. The molecule has 2 N–H and O–H groups in total. The van der Waals surface area contributed by atoms with E-state index in [2.05, 4.69) is 10.9 Å². The van der Waals surface area contributed by atoms with Crippen LogP contribution in [-0.4, -0.2) is 39.8 Å². The maximum Gasteiger partial charge on any atom is 0.276 e. The Kier molecular flexibility index (Phi) is 8.34. The van der Waals surface area contributed by atoms with Crippen LogP contribution in [0.1, 0.15) is 23.1 Å². The molecule has 0 radical (unpaired) electrons. The molecule has 8 nitrogen and oxygen atoms in total. The van der Waals surface area contributed by atoms with Crippen molar-refractivity contribution in [1.82, 2.24) is 10.9 Å². The molecule has 2 aromatic carbocycles. The smallest absolute Gasteiger partial charge is 0.276 e. The Bertz CT molecular complexity index is 852. The molecule has 0 fully saturated rings. The zero-order chi connectivity index (χ0) is 22.1. The second-order valence-corrected chi connectivity index (χ2v) is 6.74. The van der Waals surface area contributed by atoms with Crippen LogP contribution in [0.5, 0.6) is 23.0 Å². The van der Waals surface area contributed by atoms with E-state index < -0.39 is 5.91 Å². The topological polar surface area (TPSA) is 95.1 Å². The predicted octanol–water partition coefficient (Wildman–Crippen LogP) is 2.49. The average molecular weight is 416 g/mol. The van der Waals surface area contributed by atoms with Crippen molar-refractivity contribution in [3.63, 3.8) is 0 Å². The van der Waals surface area contributed by atoms with Gasteiger partial charge < -0.3 is 18.9 Å². The molecule has 0 unspecified atom stereocenters. The monoisotopic (exact) mass is 416 g/mol. The molecule has 0 aromatic heterocycles.